The van der Waals surface area contributed by atoms with Gasteiger partial charge in [-0.2, -0.15) is 10.5 Å². The van der Waals surface area contributed by atoms with Gasteiger partial charge in [0.25, 0.3) is 0 Å². The molecule has 0 bridgehead atoms. The summed E-state index contributed by atoms with van der Waals surface area (Å²) >= 11 is 0. The van der Waals surface area contributed by atoms with Gasteiger partial charge in [0, 0.05) is 13.1 Å². The van der Waals surface area contributed by atoms with E-state index in [0.29, 0.717) is 31.2 Å². The van der Waals surface area contributed by atoms with Crippen molar-refractivity contribution < 1.29 is 9.52 Å². The van der Waals surface area contributed by atoms with Crippen LogP contribution < -0.4 is 0 Å². The molecule has 0 saturated carbocycles. The lowest BCUT2D eigenvalue weighted by Gasteiger charge is -2.44. The average molecular weight is 217 g/mol. The third-order valence-corrected chi connectivity index (χ3v) is 2.60. The predicted molar refractivity (Wildman–Crippen MR) is 53.9 cm³/mol. The summed E-state index contributed by atoms with van der Waals surface area (Å²) in [6.07, 6.45) is 0.158. The summed E-state index contributed by atoms with van der Waals surface area (Å²) in [5, 5.41) is 26.8. The maximum atomic E-state index is 9.76. The van der Waals surface area contributed by atoms with Crippen LogP contribution in [0.4, 0.5) is 0 Å². The Morgan fingerprint density at radius 1 is 1.44 bits per heavy atom. The molecular weight excluding hydrogens is 206 g/mol. The first-order valence-electron chi connectivity index (χ1n) is 4.96. The van der Waals surface area contributed by atoms with E-state index in [9.17, 15) is 5.11 Å². The molecule has 0 unspecified atom stereocenters. The number of nitrogens with zero attached hydrogens (tertiary/aromatic N) is 3. The summed E-state index contributed by atoms with van der Waals surface area (Å²) in [5.41, 5.74) is -0.862. The van der Waals surface area contributed by atoms with E-state index >= 15 is 0 Å². The molecule has 2 rings (SSSR count). The van der Waals surface area contributed by atoms with Crippen molar-refractivity contribution in [3.05, 3.63) is 23.7 Å². The lowest BCUT2D eigenvalue weighted by Crippen LogP contribution is -2.60. The van der Waals surface area contributed by atoms with E-state index in [-0.39, 0.29) is 6.42 Å². The summed E-state index contributed by atoms with van der Waals surface area (Å²) in [4.78, 5) is 1.97. The Kier molecular flexibility index (Phi) is 2.66. The topological polar surface area (TPSA) is 84.2 Å². The molecule has 1 aromatic rings. The predicted octanol–water partition coefficient (Wildman–Crippen LogP) is 0.612. The number of β-amino-alcohol motifs (C(OH)–C–C–N with tert-alkyl or cyclic N) is 1. The van der Waals surface area contributed by atoms with Crippen LogP contribution in [0.5, 0.6) is 0 Å². The molecule has 2 heterocycles. The van der Waals surface area contributed by atoms with E-state index in [0.717, 1.165) is 0 Å². The highest BCUT2D eigenvalue weighted by Gasteiger charge is 2.40. The zero-order chi connectivity index (χ0) is 11.6. The number of rotatable bonds is 3. The molecule has 1 aromatic heterocycles. The number of hydrogen-bond donors (Lipinski definition) is 1. The maximum Gasteiger partial charge on any atom is 0.203 e. The van der Waals surface area contributed by atoms with Crippen molar-refractivity contribution in [3.63, 3.8) is 0 Å². The number of nitriles is 2. The summed E-state index contributed by atoms with van der Waals surface area (Å²) in [7, 11) is 0. The highest BCUT2D eigenvalue weighted by atomic mass is 16.3. The van der Waals surface area contributed by atoms with Crippen molar-refractivity contribution in [2.45, 2.75) is 18.6 Å². The lowest BCUT2D eigenvalue weighted by atomic mass is 9.91. The molecular formula is C11H11N3O2. The molecule has 1 N–H and O–H groups in total. The van der Waals surface area contributed by atoms with Crippen molar-refractivity contribution in [1.82, 2.24) is 4.90 Å². The van der Waals surface area contributed by atoms with Gasteiger partial charge in [0.15, 0.2) is 0 Å². The summed E-state index contributed by atoms with van der Waals surface area (Å²) in [6.45, 7) is 1.52. The zero-order valence-corrected chi connectivity index (χ0v) is 8.68. The smallest absolute Gasteiger partial charge is 0.203 e. The van der Waals surface area contributed by atoms with Crippen LogP contribution in [0.15, 0.2) is 16.5 Å². The molecule has 1 fully saturated rings. The third kappa shape index (κ3) is 2.06. The Hall–Kier alpha value is -1.82. The third-order valence-electron chi connectivity index (χ3n) is 2.60. The summed E-state index contributed by atoms with van der Waals surface area (Å²) in [6, 6.07) is 7.25. The minimum Gasteiger partial charge on any atom is -0.449 e. The van der Waals surface area contributed by atoms with E-state index in [4.69, 9.17) is 14.9 Å². The lowest BCUT2D eigenvalue weighted by molar-refractivity contribution is -0.0993. The number of furan rings is 1. The van der Waals surface area contributed by atoms with Crippen molar-refractivity contribution in [3.8, 4) is 12.1 Å². The minimum atomic E-state index is -0.862. The van der Waals surface area contributed by atoms with Crippen LogP contribution in [0.3, 0.4) is 0 Å². The Labute approximate surface area is 93.1 Å². The van der Waals surface area contributed by atoms with Crippen LogP contribution >= 0.6 is 0 Å². The van der Waals surface area contributed by atoms with E-state index < -0.39 is 5.60 Å². The molecule has 1 aliphatic rings. The van der Waals surface area contributed by atoms with Gasteiger partial charge in [0.1, 0.15) is 17.4 Å². The van der Waals surface area contributed by atoms with Crippen molar-refractivity contribution in [2.24, 2.45) is 0 Å². The van der Waals surface area contributed by atoms with Crippen molar-refractivity contribution >= 4 is 0 Å². The van der Waals surface area contributed by atoms with Gasteiger partial charge in [-0.15, -0.1) is 0 Å². The monoisotopic (exact) mass is 217 g/mol. The first-order chi connectivity index (χ1) is 7.65. The fourth-order valence-electron chi connectivity index (χ4n) is 1.90. The van der Waals surface area contributed by atoms with Gasteiger partial charge in [-0.3, -0.25) is 4.90 Å². The van der Waals surface area contributed by atoms with Gasteiger partial charge in [-0.05, 0) is 12.1 Å². The first kappa shape index (κ1) is 10.7. The maximum absolute atomic E-state index is 9.76. The van der Waals surface area contributed by atoms with Gasteiger partial charge in [0.2, 0.25) is 5.76 Å². The second-order valence-electron chi connectivity index (χ2n) is 4.08. The molecule has 0 aliphatic carbocycles. The molecule has 16 heavy (non-hydrogen) atoms. The van der Waals surface area contributed by atoms with Crippen LogP contribution in [0.25, 0.3) is 0 Å². The van der Waals surface area contributed by atoms with Crippen LogP contribution in [-0.4, -0.2) is 28.7 Å². The zero-order valence-electron chi connectivity index (χ0n) is 8.68. The van der Waals surface area contributed by atoms with Crippen LogP contribution in [0.1, 0.15) is 17.9 Å². The van der Waals surface area contributed by atoms with E-state index in [1.165, 1.54) is 0 Å². The Morgan fingerprint density at radius 2 is 2.19 bits per heavy atom. The molecule has 5 heteroatoms. The molecule has 1 aliphatic heterocycles. The molecule has 82 valence electrons. The van der Waals surface area contributed by atoms with Crippen LogP contribution in [0, 0.1) is 22.7 Å². The largest absolute Gasteiger partial charge is 0.449 e. The van der Waals surface area contributed by atoms with Gasteiger partial charge in [-0.1, -0.05) is 0 Å². The number of aliphatic hydroxyl groups is 1. The average Bonchev–Trinajstić information content (AvgIpc) is 2.64. The second-order valence-corrected chi connectivity index (χ2v) is 4.08. The molecule has 1 saturated heterocycles. The van der Waals surface area contributed by atoms with Crippen LogP contribution in [0.2, 0.25) is 0 Å². The van der Waals surface area contributed by atoms with Gasteiger partial charge < -0.3 is 9.52 Å². The molecule has 5 nitrogen and oxygen atoms in total. The molecule has 0 atom stereocenters. The molecule has 0 aromatic carbocycles. The van der Waals surface area contributed by atoms with E-state index in [1.54, 1.807) is 12.1 Å². The standard InChI is InChI=1S/C11H11N3O2/c12-4-3-11(15)7-14(8-11)6-10-2-1-9(5-13)16-10/h1-2,15H,3,6-8H2. The number of likely N-dealkylation sites (tertiary alicyclic amines) is 1. The Balaban J connectivity index is 1.86. The van der Waals surface area contributed by atoms with Gasteiger partial charge in [0.05, 0.1) is 19.0 Å². The van der Waals surface area contributed by atoms with Gasteiger partial charge >= 0.3 is 0 Å². The fourth-order valence-corrected chi connectivity index (χ4v) is 1.90. The summed E-state index contributed by atoms with van der Waals surface area (Å²) < 4.78 is 5.22. The molecule has 0 spiro atoms. The SMILES string of the molecule is N#CCC1(O)CN(Cc2ccc(C#N)o2)C1. The quantitative estimate of drug-likeness (QED) is 0.801. The van der Waals surface area contributed by atoms with Crippen molar-refractivity contribution in [2.75, 3.05) is 13.1 Å². The van der Waals surface area contributed by atoms with Crippen LogP contribution in [-0.2, 0) is 6.54 Å². The second kappa shape index (κ2) is 3.97. The normalized spacial score (nSPS) is 18.4. The fraction of sp³-hybridized carbons (Fsp3) is 0.455. The van der Waals surface area contributed by atoms with E-state index in [1.807, 2.05) is 17.0 Å². The minimum absolute atomic E-state index is 0.158. The summed E-state index contributed by atoms with van der Waals surface area (Å²) in [5.74, 6) is 0.998. The molecule has 0 amide bonds. The number of hydrogen-bond acceptors (Lipinski definition) is 5. The molecule has 0 radical (unpaired) electrons. The Bertz CT molecular complexity index is 460. The highest BCUT2D eigenvalue weighted by Crippen LogP contribution is 2.25. The Morgan fingerprint density at radius 3 is 2.75 bits per heavy atom. The van der Waals surface area contributed by atoms with Gasteiger partial charge in [-0.25, -0.2) is 0 Å². The van der Waals surface area contributed by atoms with E-state index in [2.05, 4.69) is 0 Å². The highest BCUT2D eigenvalue weighted by molar-refractivity contribution is 5.19. The first-order valence-corrected chi connectivity index (χ1v) is 4.96. The van der Waals surface area contributed by atoms with Crippen molar-refractivity contribution in [1.29, 1.82) is 10.5 Å².